The Balaban J connectivity index is 1.76. The van der Waals surface area contributed by atoms with E-state index in [1.54, 1.807) is 0 Å². The van der Waals surface area contributed by atoms with Gasteiger partial charge in [0.2, 0.25) is 0 Å². The van der Waals surface area contributed by atoms with Gasteiger partial charge in [-0.2, -0.15) is 0 Å². The molecule has 2 N–H and O–H groups in total. The van der Waals surface area contributed by atoms with Crippen LogP contribution in [0.1, 0.15) is 22.3 Å². The Kier molecular flexibility index (Phi) is 4.30. The Morgan fingerprint density at radius 3 is 2.70 bits per heavy atom. The van der Waals surface area contributed by atoms with E-state index in [9.17, 15) is 4.79 Å². The van der Waals surface area contributed by atoms with E-state index in [1.165, 1.54) is 0 Å². The van der Waals surface area contributed by atoms with Crippen LogP contribution in [0.25, 0.3) is 0 Å². The molecule has 2 aliphatic rings. The predicted octanol–water partition coefficient (Wildman–Crippen LogP) is 2.93. The van der Waals surface area contributed by atoms with Crippen LogP contribution < -0.4 is 10.6 Å². The minimum Gasteiger partial charge on any atom is -0.388 e. The van der Waals surface area contributed by atoms with Gasteiger partial charge in [0.15, 0.2) is 5.78 Å². The highest BCUT2D eigenvalue weighted by atomic mass is 16.1. The van der Waals surface area contributed by atoms with Gasteiger partial charge in [0.1, 0.15) is 0 Å². The van der Waals surface area contributed by atoms with Gasteiger partial charge in [-0.15, -0.1) is 0 Å². The molecule has 3 heteroatoms. The van der Waals surface area contributed by atoms with Crippen LogP contribution in [0.4, 0.5) is 0 Å². The van der Waals surface area contributed by atoms with Crippen molar-refractivity contribution in [1.29, 1.82) is 0 Å². The minimum absolute atomic E-state index is 0.153. The van der Waals surface area contributed by atoms with Crippen LogP contribution in [-0.4, -0.2) is 25.4 Å². The van der Waals surface area contributed by atoms with Crippen molar-refractivity contribution < 1.29 is 4.79 Å². The number of allylic oxidation sites excluding steroid dienone is 4. The molecule has 0 amide bonds. The number of benzene rings is 1. The van der Waals surface area contributed by atoms with Crippen molar-refractivity contribution >= 4 is 5.78 Å². The quantitative estimate of drug-likeness (QED) is 0.840. The van der Waals surface area contributed by atoms with Crippen LogP contribution in [-0.2, 0) is 6.42 Å². The van der Waals surface area contributed by atoms with Gasteiger partial charge < -0.3 is 10.6 Å². The normalized spacial score (nSPS) is 25.0. The van der Waals surface area contributed by atoms with Gasteiger partial charge in [-0.1, -0.05) is 54.6 Å². The summed E-state index contributed by atoms with van der Waals surface area (Å²) in [5.74, 6) is 0.153. The number of Topliss-reactive ketones (excluding diaryl/α,β-unsaturated/α-hetero) is 1. The number of likely N-dealkylation sites (N-methyl/N-ethyl adjacent to an activating group) is 2. The first kappa shape index (κ1) is 15.5. The van der Waals surface area contributed by atoms with Gasteiger partial charge >= 0.3 is 0 Å². The van der Waals surface area contributed by atoms with E-state index < -0.39 is 0 Å². The second-order valence-electron chi connectivity index (χ2n) is 5.95. The number of nitrogens with one attached hydrogen (secondary N) is 2. The zero-order valence-corrected chi connectivity index (χ0v) is 13.6. The smallest absolute Gasteiger partial charge is 0.189 e. The van der Waals surface area contributed by atoms with Gasteiger partial charge in [0.25, 0.3) is 0 Å². The maximum absolute atomic E-state index is 12.4. The molecule has 1 aromatic carbocycles. The summed E-state index contributed by atoms with van der Waals surface area (Å²) in [5.41, 5.74) is 3.77. The van der Waals surface area contributed by atoms with Crippen molar-refractivity contribution in [3.05, 3.63) is 83.1 Å². The summed E-state index contributed by atoms with van der Waals surface area (Å²) in [4.78, 5) is 12.4. The van der Waals surface area contributed by atoms with E-state index in [-0.39, 0.29) is 11.3 Å². The zero-order valence-electron chi connectivity index (χ0n) is 13.6. The number of hydrogen-bond acceptors (Lipinski definition) is 3. The van der Waals surface area contributed by atoms with Crippen molar-refractivity contribution in [3.8, 4) is 0 Å². The highest BCUT2D eigenvalue weighted by Gasteiger charge is 2.24. The summed E-state index contributed by atoms with van der Waals surface area (Å²) >= 11 is 0. The lowest BCUT2D eigenvalue weighted by molar-refractivity contribution is 0.103. The van der Waals surface area contributed by atoms with E-state index in [1.807, 2.05) is 50.5 Å². The van der Waals surface area contributed by atoms with Crippen molar-refractivity contribution in [2.45, 2.75) is 18.4 Å². The van der Waals surface area contributed by atoms with Crippen molar-refractivity contribution in [2.24, 2.45) is 0 Å². The van der Waals surface area contributed by atoms with Gasteiger partial charge in [0, 0.05) is 30.3 Å². The summed E-state index contributed by atoms with van der Waals surface area (Å²) in [6.45, 7) is 0. The standard InChI is InChI=1S/C20H22N2O/c1-21-17-9-12-20(22-2,13-10-17)11-5-7-16-14-15-6-3-4-8-18(15)19(16)23/h3-12,21-22H,13-14H2,1-2H3. The highest BCUT2D eigenvalue weighted by Crippen LogP contribution is 2.26. The summed E-state index contributed by atoms with van der Waals surface area (Å²) in [5, 5.41) is 6.50. The monoisotopic (exact) mass is 306 g/mol. The Labute approximate surface area is 137 Å². The summed E-state index contributed by atoms with van der Waals surface area (Å²) in [7, 11) is 3.88. The van der Waals surface area contributed by atoms with Gasteiger partial charge in [0.05, 0.1) is 5.54 Å². The first-order valence-electron chi connectivity index (χ1n) is 7.94. The largest absolute Gasteiger partial charge is 0.388 e. The molecule has 0 heterocycles. The highest BCUT2D eigenvalue weighted by molar-refractivity contribution is 6.13. The molecule has 0 saturated heterocycles. The number of rotatable bonds is 4. The summed E-state index contributed by atoms with van der Waals surface area (Å²) in [6.07, 6.45) is 14.1. The number of ketones is 1. The Hall–Kier alpha value is -2.39. The lowest BCUT2D eigenvalue weighted by Gasteiger charge is -2.28. The molecule has 0 aliphatic heterocycles. The lowest BCUT2D eigenvalue weighted by Crippen LogP contribution is -2.39. The average molecular weight is 306 g/mol. The topological polar surface area (TPSA) is 41.1 Å². The van der Waals surface area contributed by atoms with E-state index in [0.29, 0.717) is 0 Å². The molecule has 23 heavy (non-hydrogen) atoms. The second-order valence-corrected chi connectivity index (χ2v) is 5.95. The molecular formula is C20H22N2O. The third kappa shape index (κ3) is 3.06. The first-order chi connectivity index (χ1) is 11.2. The van der Waals surface area contributed by atoms with E-state index >= 15 is 0 Å². The minimum atomic E-state index is -0.189. The lowest BCUT2D eigenvalue weighted by atomic mass is 9.89. The number of fused-ring (bicyclic) bond motifs is 1. The first-order valence-corrected chi connectivity index (χ1v) is 7.94. The van der Waals surface area contributed by atoms with Crippen LogP contribution in [0.3, 0.4) is 0 Å². The summed E-state index contributed by atoms with van der Waals surface area (Å²) in [6, 6.07) is 7.84. The van der Waals surface area contributed by atoms with Gasteiger partial charge in [-0.25, -0.2) is 0 Å². The predicted molar refractivity (Wildman–Crippen MR) is 94.4 cm³/mol. The van der Waals surface area contributed by atoms with Crippen molar-refractivity contribution in [1.82, 2.24) is 10.6 Å². The molecule has 1 aromatic rings. The molecule has 118 valence electrons. The second kappa shape index (κ2) is 6.39. The molecule has 3 rings (SSSR count). The molecule has 2 aliphatic carbocycles. The summed E-state index contributed by atoms with van der Waals surface area (Å²) < 4.78 is 0. The number of hydrogen-bond donors (Lipinski definition) is 2. The molecule has 0 bridgehead atoms. The van der Waals surface area contributed by atoms with Crippen LogP contribution in [0.2, 0.25) is 0 Å². The maximum atomic E-state index is 12.4. The van der Waals surface area contributed by atoms with Crippen molar-refractivity contribution in [2.75, 3.05) is 14.1 Å². The Bertz CT molecular complexity index is 740. The third-order valence-corrected chi connectivity index (χ3v) is 4.60. The van der Waals surface area contributed by atoms with E-state index in [0.717, 1.165) is 35.2 Å². The molecule has 1 unspecified atom stereocenters. The molecule has 0 fully saturated rings. The zero-order chi connectivity index (χ0) is 16.3. The van der Waals surface area contributed by atoms with E-state index in [2.05, 4.69) is 34.9 Å². The van der Waals surface area contributed by atoms with Crippen LogP contribution in [0.15, 0.2) is 72.0 Å². The average Bonchev–Trinajstić information content (AvgIpc) is 2.92. The van der Waals surface area contributed by atoms with Gasteiger partial charge in [-0.05, 0) is 25.1 Å². The van der Waals surface area contributed by atoms with Crippen LogP contribution in [0, 0.1) is 0 Å². The fraction of sp³-hybridized carbons (Fsp3) is 0.250. The fourth-order valence-electron chi connectivity index (χ4n) is 3.06. The molecule has 0 saturated carbocycles. The van der Waals surface area contributed by atoms with Gasteiger partial charge in [-0.3, -0.25) is 4.79 Å². The molecule has 0 spiro atoms. The Morgan fingerprint density at radius 2 is 2.04 bits per heavy atom. The third-order valence-electron chi connectivity index (χ3n) is 4.60. The SMILES string of the molecule is CNC1=CCC(C=CC=C2Cc3ccccc3C2=O)(NC)C=C1. The maximum Gasteiger partial charge on any atom is 0.189 e. The number of carbonyl (C=O) groups is 1. The molecule has 1 atom stereocenters. The molecule has 0 radical (unpaired) electrons. The Morgan fingerprint density at radius 1 is 1.22 bits per heavy atom. The molecular weight excluding hydrogens is 284 g/mol. The molecule has 0 aromatic heterocycles. The number of carbonyl (C=O) groups excluding carboxylic acids is 1. The van der Waals surface area contributed by atoms with E-state index in [4.69, 9.17) is 0 Å². The van der Waals surface area contributed by atoms with Crippen LogP contribution >= 0.6 is 0 Å². The van der Waals surface area contributed by atoms with Crippen molar-refractivity contribution in [3.63, 3.8) is 0 Å². The fourth-order valence-corrected chi connectivity index (χ4v) is 3.06. The van der Waals surface area contributed by atoms with Crippen LogP contribution in [0.5, 0.6) is 0 Å². The molecule has 3 nitrogen and oxygen atoms in total.